The molecule has 14 heteroatoms. The third-order valence-electron chi connectivity index (χ3n) is 8.92. The molecule has 4 aromatic carbocycles. The molecule has 0 bridgehead atoms. The van der Waals surface area contributed by atoms with Crippen molar-refractivity contribution in [3.8, 4) is 44.8 Å². The van der Waals surface area contributed by atoms with Crippen molar-refractivity contribution in [2.75, 3.05) is 17.2 Å². The Labute approximate surface area is 313 Å². The summed E-state index contributed by atoms with van der Waals surface area (Å²) in [5.74, 6) is -1.93. The highest BCUT2D eigenvalue weighted by molar-refractivity contribution is 7.93. The summed E-state index contributed by atoms with van der Waals surface area (Å²) in [6.45, 7) is 6.51. The Morgan fingerprint density at radius 1 is 0.648 bits per heavy atom. The first-order valence-corrected chi connectivity index (χ1v) is 20.0. The Morgan fingerprint density at radius 3 is 1.78 bits per heavy atom. The molecule has 54 heavy (non-hydrogen) atoms. The molecule has 6 aromatic rings. The van der Waals surface area contributed by atoms with Gasteiger partial charge in [-0.3, -0.25) is 9.97 Å². The predicted octanol–water partition coefficient (Wildman–Crippen LogP) is 7.60. The summed E-state index contributed by atoms with van der Waals surface area (Å²) in [7, 11) is -7.86. The van der Waals surface area contributed by atoms with Gasteiger partial charge in [0.05, 0.1) is 56.5 Å². The number of benzene rings is 4. The van der Waals surface area contributed by atoms with E-state index in [9.17, 15) is 16.8 Å². The molecule has 6 rings (SSSR count). The lowest BCUT2D eigenvalue weighted by molar-refractivity contribution is 0.560. The van der Waals surface area contributed by atoms with Crippen molar-refractivity contribution >= 4 is 31.3 Å². The molecule has 0 spiro atoms. The predicted molar refractivity (Wildman–Crippen MR) is 206 cm³/mol. The van der Waals surface area contributed by atoms with Crippen LogP contribution in [0.3, 0.4) is 0 Å². The molecule has 0 fully saturated rings. The first-order valence-electron chi connectivity index (χ1n) is 16.9. The van der Waals surface area contributed by atoms with Gasteiger partial charge in [-0.25, -0.2) is 35.6 Å². The molecule has 10 nitrogen and oxygen atoms in total. The second-order valence-electron chi connectivity index (χ2n) is 14.0. The van der Waals surface area contributed by atoms with Crippen LogP contribution in [0.15, 0.2) is 113 Å². The number of nitrogens with two attached hydrogens (primary N) is 2. The van der Waals surface area contributed by atoms with Gasteiger partial charge in [0.25, 0.3) is 0 Å². The highest BCUT2D eigenvalue weighted by Crippen LogP contribution is 2.38. The summed E-state index contributed by atoms with van der Waals surface area (Å²) in [6.07, 6.45) is 5.36. The summed E-state index contributed by atoms with van der Waals surface area (Å²) in [5.41, 5.74) is 13.7. The molecule has 2 aromatic heterocycles. The smallest absolute Gasteiger partial charge is 0.183 e. The lowest BCUT2D eigenvalue weighted by Crippen LogP contribution is -2.28. The Bertz CT molecular complexity index is 2580. The molecule has 4 N–H and O–H groups in total. The van der Waals surface area contributed by atoms with Gasteiger partial charge in [0.1, 0.15) is 23.3 Å². The number of sulfone groups is 2. The fourth-order valence-electron chi connectivity index (χ4n) is 6.25. The minimum Gasteiger partial charge on any atom is -0.382 e. The van der Waals surface area contributed by atoms with Crippen LogP contribution in [0.2, 0.25) is 0 Å². The quantitative estimate of drug-likeness (QED) is 0.141. The standard InChI is InChI=1S/C40H38F2N6O4S2/c1-24(23-53(49,50)35-11-7-5-9-28(35)25-13-14-30(31(41)17-25)33-19-47-37(43)21-45-33)15-27-16-26(18-32(42)39(27)34-20-48-38(44)22-46-34)29-10-6-8-12-36(29)54(51,52)40(2,3)4/h5-14,16-22,24H,15,23H2,1-4H3,(H2,43,47)(H2,44,48). The number of rotatable bonds is 10. The zero-order valence-corrected chi connectivity index (χ0v) is 31.6. The second kappa shape index (κ2) is 14.7. The van der Waals surface area contributed by atoms with Crippen LogP contribution in [-0.4, -0.2) is 47.3 Å². The minimum atomic E-state index is -4.01. The summed E-state index contributed by atoms with van der Waals surface area (Å²) >= 11 is 0. The van der Waals surface area contributed by atoms with Gasteiger partial charge in [0, 0.05) is 22.3 Å². The highest BCUT2D eigenvalue weighted by atomic mass is 32.2. The SMILES string of the molecule is CC(Cc1cc(-c2ccccc2S(=O)(=O)C(C)(C)C)cc(F)c1-c1cnc(N)cn1)CS(=O)(=O)c1ccccc1-c1ccc(-c2cnc(N)cn2)c(F)c1. The zero-order chi connectivity index (χ0) is 39.0. The van der Waals surface area contributed by atoms with E-state index in [2.05, 4.69) is 19.9 Å². The van der Waals surface area contributed by atoms with Crippen molar-refractivity contribution in [2.45, 2.75) is 48.7 Å². The van der Waals surface area contributed by atoms with Gasteiger partial charge < -0.3 is 11.5 Å². The number of aromatic nitrogens is 4. The largest absolute Gasteiger partial charge is 0.382 e. The van der Waals surface area contributed by atoms with E-state index >= 15 is 8.78 Å². The molecule has 1 atom stereocenters. The average molecular weight is 769 g/mol. The van der Waals surface area contributed by atoms with Crippen LogP contribution >= 0.6 is 0 Å². The van der Waals surface area contributed by atoms with Crippen molar-refractivity contribution in [1.29, 1.82) is 0 Å². The number of nitrogen functional groups attached to an aromatic ring is 2. The molecule has 0 aliphatic heterocycles. The summed E-state index contributed by atoms with van der Waals surface area (Å²) in [4.78, 5) is 16.5. The van der Waals surface area contributed by atoms with E-state index in [1.54, 1.807) is 76.2 Å². The monoisotopic (exact) mass is 768 g/mol. The summed E-state index contributed by atoms with van der Waals surface area (Å²) in [5, 5.41) is 0. The van der Waals surface area contributed by atoms with Crippen molar-refractivity contribution in [1.82, 2.24) is 19.9 Å². The van der Waals surface area contributed by atoms with E-state index in [0.717, 1.165) is 0 Å². The zero-order valence-electron chi connectivity index (χ0n) is 30.0. The molecule has 0 saturated heterocycles. The van der Waals surface area contributed by atoms with Gasteiger partial charge in [-0.15, -0.1) is 0 Å². The van der Waals surface area contributed by atoms with E-state index in [1.165, 1.54) is 55.1 Å². The number of nitrogens with zero attached hydrogens (tertiary/aromatic N) is 4. The van der Waals surface area contributed by atoms with E-state index in [-0.39, 0.29) is 56.1 Å². The average Bonchev–Trinajstić information content (AvgIpc) is 3.12. The normalized spacial score (nSPS) is 12.8. The van der Waals surface area contributed by atoms with Crippen LogP contribution < -0.4 is 11.5 Å². The molecule has 1 unspecified atom stereocenters. The Balaban J connectivity index is 1.37. The van der Waals surface area contributed by atoms with E-state index in [1.807, 2.05) is 0 Å². The third kappa shape index (κ3) is 7.71. The number of hydrogen-bond donors (Lipinski definition) is 2. The minimum absolute atomic E-state index is 0.00199. The van der Waals surface area contributed by atoms with Crippen molar-refractivity contribution in [3.63, 3.8) is 0 Å². The number of hydrogen-bond acceptors (Lipinski definition) is 10. The Hall–Kier alpha value is -5.60. The maximum Gasteiger partial charge on any atom is 0.183 e. The topological polar surface area (TPSA) is 172 Å². The van der Waals surface area contributed by atoms with Crippen LogP contribution in [0.5, 0.6) is 0 Å². The lowest BCUT2D eigenvalue weighted by atomic mass is 9.92. The number of halogens is 2. The van der Waals surface area contributed by atoms with Crippen LogP contribution in [0.1, 0.15) is 33.3 Å². The Kier molecular flexibility index (Phi) is 10.4. The van der Waals surface area contributed by atoms with Gasteiger partial charge in [-0.05, 0) is 80.1 Å². The first-order chi connectivity index (χ1) is 25.5. The fraction of sp³-hybridized carbons (Fsp3) is 0.200. The Morgan fingerprint density at radius 2 is 1.20 bits per heavy atom. The fourth-order valence-corrected chi connectivity index (χ4v) is 9.49. The van der Waals surface area contributed by atoms with Crippen LogP contribution in [-0.2, 0) is 26.1 Å². The molecule has 0 aliphatic carbocycles. The van der Waals surface area contributed by atoms with E-state index in [0.29, 0.717) is 27.8 Å². The maximum atomic E-state index is 16.3. The van der Waals surface area contributed by atoms with Gasteiger partial charge >= 0.3 is 0 Å². The molecular weight excluding hydrogens is 731 g/mol. The molecule has 0 amide bonds. The van der Waals surface area contributed by atoms with Crippen molar-refractivity contribution in [3.05, 3.63) is 121 Å². The first kappa shape index (κ1) is 38.1. The van der Waals surface area contributed by atoms with Crippen molar-refractivity contribution in [2.24, 2.45) is 5.92 Å². The van der Waals surface area contributed by atoms with E-state index < -0.39 is 42.0 Å². The molecule has 0 saturated carbocycles. The van der Waals surface area contributed by atoms with Gasteiger partial charge in [0.15, 0.2) is 19.7 Å². The molecule has 0 radical (unpaired) electrons. The van der Waals surface area contributed by atoms with Crippen LogP contribution in [0.4, 0.5) is 20.4 Å². The second-order valence-corrected chi connectivity index (χ2v) is 18.7. The molecule has 278 valence electrons. The molecular formula is C40H38F2N6O4S2. The van der Waals surface area contributed by atoms with E-state index in [4.69, 9.17) is 11.5 Å². The third-order valence-corrected chi connectivity index (χ3v) is 13.5. The van der Waals surface area contributed by atoms with Gasteiger partial charge in [-0.1, -0.05) is 55.5 Å². The van der Waals surface area contributed by atoms with Gasteiger partial charge in [0.2, 0.25) is 0 Å². The van der Waals surface area contributed by atoms with Crippen LogP contribution in [0.25, 0.3) is 44.8 Å². The number of anilines is 2. The summed E-state index contributed by atoms with van der Waals surface area (Å²) < 4.78 is 86.1. The maximum absolute atomic E-state index is 16.3. The molecule has 0 aliphatic rings. The van der Waals surface area contributed by atoms with Crippen LogP contribution in [0, 0.1) is 17.6 Å². The van der Waals surface area contributed by atoms with Crippen molar-refractivity contribution < 1.29 is 25.6 Å². The summed E-state index contributed by atoms with van der Waals surface area (Å²) in [6, 6.07) is 20.0. The van der Waals surface area contributed by atoms with Gasteiger partial charge in [-0.2, -0.15) is 0 Å². The molecule has 2 heterocycles. The lowest BCUT2D eigenvalue weighted by Gasteiger charge is -2.22. The highest BCUT2D eigenvalue weighted by Gasteiger charge is 2.33.